The van der Waals surface area contributed by atoms with Crippen molar-refractivity contribution in [1.82, 2.24) is 5.32 Å². The van der Waals surface area contributed by atoms with Crippen LogP contribution in [0.1, 0.15) is 12.5 Å². The number of benzene rings is 1. The van der Waals surface area contributed by atoms with Crippen LogP contribution in [0.25, 0.3) is 0 Å². The van der Waals surface area contributed by atoms with Gasteiger partial charge in [-0.3, -0.25) is 4.79 Å². The summed E-state index contributed by atoms with van der Waals surface area (Å²) in [5, 5.41) is 9.44. The molecule has 23 heavy (non-hydrogen) atoms. The van der Waals surface area contributed by atoms with Crippen LogP contribution >= 0.6 is 0 Å². The molecule has 2 amide bonds. The normalized spacial score (nSPS) is 11.5. The standard InChI is InChI=1S/C11H14N2O3.C2HF3O2/c1-8(10(12)14)13-11(15)16-7-9-5-3-2-4-6-9;3-2(4,5)1(6)7/h2-6,8H,7H2,1H3,(H2,12,14)(H,13,15);(H,6,7). The van der Waals surface area contributed by atoms with Gasteiger partial charge in [0.05, 0.1) is 0 Å². The summed E-state index contributed by atoms with van der Waals surface area (Å²) in [6, 6.07) is 8.52. The molecule has 7 nitrogen and oxygen atoms in total. The second-order valence-electron chi connectivity index (χ2n) is 4.13. The van der Waals surface area contributed by atoms with E-state index in [1.807, 2.05) is 30.3 Å². The number of amides is 2. The van der Waals surface area contributed by atoms with Gasteiger partial charge >= 0.3 is 18.2 Å². The lowest BCUT2D eigenvalue weighted by atomic mass is 10.2. The van der Waals surface area contributed by atoms with Crippen molar-refractivity contribution in [3.8, 4) is 0 Å². The van der Waals surface area contributed by atoms with Gasteiger partial charge in [0.1, 0.15) is 12.6 Å². The van der Waals surface area contributed by atoms with Crippen molar-refractivity contribution in [3.05, 3.63) is 35.9 Å². The van der Waals surface area contributed by atoms with Crippen LogP contribution in [0.5, 0.6) is 0 Å². The summed E-state index contributed by atoms with van der Waals surface area (Å²) in [4.78, 5) is 30.7. The Hall–Kier alpha value is -2.78. The van der Waals surface area contributed by atoms with Crippen LogP contribution in [0, 0.1) is 0 Å². The molecule has 1 rings (SSSR count). The molecule has 0 radical (unpaired) electrons. The molecule has 0 bridgehead atoms. The van der Waals surface area contributed by atoms with Gasteiger partial charge in [-0.2, -0.15) is 13.2 Å². The van der Waals surface area contributed by atoms with E-state index < -0.39 is 30.2 Å². The van der Waals surface area contributed by atoms with E-state index in [1.165, 1.54) is 6.92 Å². The number of alkyl carbamates (subject to hydrolysis) is 1. The highest BCUT2D eigenvalue weighted by Gasteiger charge is 2.38. The number of ether oxygens (including phenoxy) is 1. The van der Waals surface area contributed by atoms with Gasteiger partial charge in [-0.1, -0.05) is 30.3 Å². The summed E-state index contributed by atoms with van der Waals surface area (Å²) < 4.78 is 36.6. The van der Waals surface area contributed by atoms with Gasteiger partial charge < -0.3 is 20.9 Å². The maximum Gasteiger partial charge on any atom is 0.490 e. The average Bonchev–Trinajstić information content (AvgIpc) is 2.45. The van der Waals surface area contributed by atoms with E-state index in [9.17, 15) is 22.8 Å². The van der Waals surface area contributed by atoms with Gasteiger partial charge in [0.15, 0.2) is 0 Å². The first-order valence-electron chi connectivity index (χ1n) is 6.10. The van der Waals surface area contributed by atoms with Gasteiger partial charge in [0.2, 0.25) is 5.91 Å². The summed E-state index contributed by atoms with van der Waals surface area (Å²) in [6.45, 7) is 1.66. The molecular formula is C13H15F3N2O5. The lowest BCUT2D eigenvalue weighted by Gasteiger charge is -2.10. The zero-order valence-electron chi connectivity index (χ0n) is 12.0. The van der Waals surface area contributed by atoms with Crippen molar-refractivity contribution < 1.29 is 37.4 Å². The molecule has 0 aliphatic carbocycles. The third-order valence-corrected chi connectivity index (χ3v) is 2.22. The Kier molecular flexibility index (Phi) is 8.16. The van der Waals surface area contributed by atoms with Crippen molar-refractivity contribution in [2.24, 2.45) is 5.73 Å². The highest BCUT2D eigenvalue weighted by molar-refractivity contribution is 5.83. The first-order chi connectivity index (χ1) is 10.5. The fourth-order valence-corrected chi connectivity index (χ4v) is 1.01. The Morgan fingerprint density at radius 1 is 1.26 bits per heavy atom. The molecule has 0 saturated carbocycles. The molecule has 0 saturated heterocycles. The number of carbonyl (C=O) groups is 3. The van der Waals surface area contributed by atoms with Crippen LogP contribution in [0.15, 0.2) is 30.3 Å². The van der Waals surface area contributed by atoms with Crippen molar-refractivity contribution in [2.45, 2.75) is 25.7 Å². The lowest BCUT2D eigenvalue weighted by Crippen LogP contribution is -2.42. The number of nitrogens with two attached hydrogens (primary N) is 1. The van der Waals surface area contributed by atoms with Gasteiger partial charge in [0.25, 0.3) is 0 Å². The summed E-state index contributed by atoms with van der Waals surface area (Å²) >= 11 is 0. The molecule has 1 unspecified atom stereocenters. The third-order valence-electron chi connectivity index (χ3n) is 2.22. The smallest absolute Gasteiger partial charge is 0.475 e. The molecule has 0 aliphatic heterocycles. The van der Waals surface area contributed by atoms with Gasteiger partial charge in [0, 0.05) is 0 Å². The molecular weight excluding hydrogens is 321 g/mol. The molecule has 0 fully saturated rings. The van der Waals surface area contributed by atoms with E-state index in [-0.39, 0.29) is 6.61 Å². The van der Waals surface area contributed by atoms with Crippen molar-refractivity contribution in [1.29, 1.82) is 0 Å². The minimum absolute atomic E-state index is 0.165. The summed E-state index contributed by atoms with van der Waals surface area (Å²) in [6.07, 6.45) is -5.74. The van der Waals surface area contributed by atoms with Crippen LogP contribution in [0.4, 0.5) is 18.0 Å². The van der Waals surface area contributed by atoms with Crippen LogP contribution in [0.2, 0.25) is 0 Å². The highest BCUT2D eigenvalue weighted by Crippen LogP contribution is 2.13. The zero-order valence-corrected chi connectivity index (χ0v) is 12.0. The number of carbonyl (C=O) groups excluding carboxylic acids is 2. The van der Waals surface area contributed by atoms with Crippen molar-refractivity contribution >= 4 is 18.0 Å². The number of halogens is 3. The lowest BCUT2D eigenvalue weighted by molar-refractivity contribution is -0.192. The largest absolute Gasteiger partial charge is 0.490 e. The number of carboxylic acids is 1. The Bertz CT molecular complexity index is 534. The molecule has 0 heterocycles. The predicted octanol–water partition coefficient (Wildman–Crippen LogP) is 1.42. The first kappa shape index (κ1) is 20.2. The maximum atomic E-state index is 11.2. The second-order valence-corrected chi connectivity index (χ2v) is 4.13. The minimum Gasteiger partial charge on any atom is -0.475 e. The molecule has 1 aromatic carbocycles. The second kappa shape index (κ2) is 9.28. The van der Waals surface area contributed by atoms with E-state index >= 15 is 0 Å². The van der Waals surface area contributed by atoms with E-state index in [1.54, 1.807) is 0 Å². The number of primary amides is 1. The highest BCUT2D eigenvalue weighted by atomic mass is 19.4. The number of rotatable bonds is 4. The van der Waals surface area contributed by atoms with Crippen LogP contribution in [-0.4, -0.2) is 35.3 Å². The van der Waals surface area contributed by atoms with Gasteiger partial charge in [-0.05, 0) is 12.5 Å². The Balaban J connectivity index is 0.000000585. The predicted molar refractivity (Wildman–Crippen MR) is 72.1 cm³/mol. The van der Waals surface area contributed by atoms with Crippen LogP contribution in [0.3, 0.4) is 0 Å². The summed E-state index contributed by atoms with van der Waals surface area (Å²) in [5.74, 6) is -3.36. The molecule has 0 aromatic heterocycles. The summed E-state index contributed by atoms with van der Waals surface area (Å²) in [7, 11) is 0. The van der Waals surface area contributed by atoms with Gasteiger partial charge in [-0.25, -0.2) is 9.59 Å². The average molecular weight is 336 g/mol. The van der Waals surface area contributed by atoms with E-state index in [2.05, 4.69) is 5.32 Å². The minimum atomic E-state index is -5.08. The number of alkyl halides is 3. The third kappa shape index (κ3) is 9.72. The molecule has 0 aliphatic rings. The molecule has 1 aromatic rings. The van der Waals surface area contributed by atoms with E-state index in [0.29, 0.717) is 0 Å². The van der Waals surface area contributed by atoms with Crippen molar-refractivity contribution in [3.63, 3.8) is 0 Å². The quantitative estimate of drug-likeness (QED) is 0.768. The number of aliphatic carboxylic acids is 1. The molecule has 1 atom stereocenters. The monoisotopic (exact) mass is 336 g/mol. The topological polar surface area (TPSA) is 119 Å². The molecule has 4 N–H and O–H groups in total. The summed E-state index contributed by atoms with van der Waals surface area (Å²) in [5.41, 5.74) is 5.86. The number of hydrogen-bond acceptors (Lipinski definition) is 4. The number of hydrogen-bond donors (Lipinski definition) is 3. The Labute approximate surface area is 129 Å². The fraction of sp³-hybridized carbons (Fsp3) is 0.308. The Morgan fingerprint density at radius 2 is 1.74 bits per heavy atom. The fourth-order valence-electron chi connectivity index (χ4n) is 1.01. The maximum absolute atomic E-state index is 11.2. The molecule has 0 spiro atoms. The van der Waals surface area contributed by atoms with Gasteiger partial charge in [-0.15, -0.1) is 0 Å². The zero-order chi connectivity index (χ0) is 18.0. The SMILES string of the molecule is CC(NC(=O)OCc1ccccc1)C(N)=O.O=C(O)C(F)(F)F. The van der Waals surface area contributed by atoms with Crippen LogP contribution < -0.4 is 11.1 Å². The van der Waals surface area contributed by atoms with E-state index in [0.717, 1.165) is 5.56 Å². The first-order valence-corrected chi connectivity index (χ1v) is 6.10. The van der Waals surface area contributed by atoms with Crippen molar-refractivity contribution in [2.75, 3.05) is 0 Å². The number of nitrogens with one attached hydrogen (secondary N) is 1. The molecule has 10 heteroatoms. The Morgan fingerprint density at radius 3 is 2.13 bits per heavy atom. The molecule has 128 valence electrons. The van der Waals surface area contributed by atoms with E-state index in [4.69, 9.17) is 20.4 Å². The van der Waals surface area contributed by atoms with Crippen LogP contribution in [-0.2, 0) is 20.9 Å². The number of carboxylic acid groups (broad SMARTS) is 1.